The standard InChI is InChI=1S/C12H24N2OS/c1-12(15,9-16-2)8-13-11-4-6-14-5-3-10(11)7-14/h10-11,13,15H,3-9H2,1-2H3. The van der Waals surface area contributed by atoms with Gasteiger partial charge in [-0.2, -0.15) is 11.8 Å². The minimum atomic E-state index is -0.560. The number of hydrogen-bond acceptors (Lipinski definition) is 4. The SMILES string of the molecule is CSCC(C)(O)CNC1CCN2CCC1C2. The van der Waals surface area contributed by atoms with Crippen LogP contribution in [0.15, 0.2) is 0 Å². The second kappa shape index (κ2) is 5.25. The molecule has 3 nitrogen and oxygen atoms in total. The first-order valence-electron chi connectivity index (χ1n) is 6.28. The Morgan fingerprint density at radius 1 is 1.44 bits per heavy atom. The molecular weight excluding hydrogens is 220 g/mol. The fourth-order valence-electron chi connectivity index (χ4n) is 2.93. The van der Waals surface area contributed by atoms with E-state index >= 15 is 0 Å². The van der Waals surface area contributed by atoms with Gasteiger partial charge in [-0.15, -0.1) is 0 Å². The molecule has 0 amide bonds. The van der Waals surface area contributed by atoms with Crippen molar-refractivity contribution >= 4 is 11.8 Å². The largest absolute Gasteiger partial charge is 0.388 e. The van der Waals surface area contributed by atoms with Gasteiger partial charge < -0.3 is 15.3 Å². The number of nitrogens with zero attached hydrogens (tertiary/aromatic N) is 1. The van der Waals surface area contributed by atoms with Crippen molar-refractivity contribution in [2.24, 2.45) is 5.92 Å². The van der Waals surface area contributed by atoms with Gasteiger partial charge in [0.2, 0.25) is 0 Å². The number of thioether (sulfide) groups is 1. The molecule has 16 heavy (non-hydrogen) atoms. The molecule has 4 unspecified atom stereocenters. The predicted octanol–water partition coefficient (Wildman–Crippen LogP) is 0.784. The molecule has 0 radical (unpaired) electrons. The monoisotopic (exact) mass is 244 g/mol. The molecular formula is C12H24N2OS. The van der Waals surface area contributed by atoms with E-state index in [1.165, 1.54) is 32.5 Å². The lowest BCUT2D eigenvalue weighted by molar-refractivity contribution is 0.0750. The summed E-state index contributed by atoms with van der Waals surface area (Å²) in [6.45, 7) is 6.44. The van der Waals surface area contributed by atoms with Crippen LogP contribution in [0.4, 0.5) is 0 Å². The summed E-state index contributed by atoms with van der Waals surface area (Å²) in [4.78, 5) is 2.56. The zero-order chi connectivity index (χ0) is 11.6. The lowest BCUT2D eigenvalue weighted by atomic mass is 9.93. The van der Waals surface area contributed by atoms with E-state index in [2.05, 4.69) is 10.2 Å². The van der Waals surface area contributed by atoms with E-state index in [0.717, 1.165) is 18.2 Å². The van der Waals surface area contributed by atoms with E-state index in [1.54, 1.807) is 11.8 Å². The van der Waals surface area contributed by atoms with Crippen LogP contribution in [0.5, 0.6) is 0 Å². The highest BCUT2D eigenvalue weighted by molar-refractivity contribution is 7.98. The molecule has 0 aliphatic carbocycles. The normalized spacial score (nSPS) is 37.3. The van der Waals surface area contributed by atoms with Crippen molar-refractivity contribution in [2.75, 3.05) is 38.2 Å². The summed E-state index contributed by atoms with van der Waals surface area (Å²) in [5, 5.41) is 13.7. The Morgan fingerprint density at radius 2 is 2.19 bits per heavy atom. The summed E-state index contributed by atoms with van der Waals surface area (Å²) >= 11 is 1.71. The molecule has 0 spiro atoms. The third kappa shape index (κ3) is 3.13. The van der Waals surface area contributed by atoms with Gasteiger partial charge in [0.1, 0.15) is 0 Å². The van der Waals surface area contributed by atoms with Crippen molar-refractivity contribution < 1.29 is 5.11 Å². The first kappa shape index (κ1) is 12.7. The molecule has 2 bridgehead atoms. The Bertz CT molecular complexity index is 235. The second-order valence-electron chi connectivity index (χ2n) is 5.56. The van der Waals surface area contributed by atoms with Crippen LogP contribution in [0.1, 0.15) is 19.8 Å². The van der Waals surface area contributed by atoms with Gasteiger partial charge in [0.15, 0.2) is 0 Å². The van der Waals surface area contributed by atoms with Gasteiger partial charge in [-0.05, 0) is 45.0 Å². The van der Waals surface area contributed by atoms with E-state index in [9.17, 15) is 5.11 Å². The molecule has 0 aromatic carbocycles. The maximum absolute atomic E-state index is 10.1. The average molecular weight is 244 g/mol. The summed E-state index contributed by atoms with van der Waals surface area (Å²) in [7, 11) is 0. The van der Waals surface area contributed by atoms with E-state index in [4.69, 9.17) is 0 Å². The van der Waals surface area contributed by atoms with Gasteiger partial charge in [-0.3, -0.25) is 0 Å². The van der Waals surface area contributed by atoms with E-state index < -0.39 is 5.60 Å². The summed E-state index contributed by atoms with van der Waals surface area (Å²) in [6.07, 6.45) is 4.63. The van der Waals surface area contributed by atoms with Crippen LogP contribution in [0.25, 0.3) is 0 Å². The van der Waals surface area contributed by atoms with E-state index in [1.807, 2.05) is 13.2 Å². The molecule has 4 heteroatoms. The van der Waals surface area contributed by atoms with Crippen LogP contribution in [0.2, 0.25) is 0 Å². The highest BCUT2D eigenvalue weighted by Gasteiger charge is 2.34. The fourth-order valence-corrected chi connectivity index (χ4v) is 3.66. The zero-order valence-corrected chi connectivity index (χ0v) is 11.2. The molecule has 2 fully saturated rings. The van der Waals surface area contributed by atoms with Crippen LogP contribution in [0.3, 0.4) is 0 Å². The Morgan fingerprint density at radius 3 is 2.94 bits per heavy atom. The Hall–Kier alpha value is 0.230. The summed E-state index contributed by atoms with van der Waals surface area (Å²) in [6, 6.07) is 0.632. The predicted molar refractivity (Wildman–Crippen MR) is 70.0 cm³/mol. The van der Waals surface area contributed by atoms with Crippen LogP contribution in [0, 0.1) is 5.92 Å². The quantitative estimate of drug-likeness (QED) is 0.749. The number of hydrogen-bond donors (Lipinski definition) is 2. The van der Waals surface area contributed by atoms with Crippen molar-refractivity contribution in [1.82, 2.24) is 10.2 Å². The van der Waals surface area contributed by atoms with Crippen molar-refractivity contribution in [2.45, 2.75) is 31.4 Å². The average Bonchev–Trinajstić information content (AvgIpc) is 2.60. The van der Waals surface area contributed by atoms with Crippen molar-refractivity contribution in [1.29, 1.82) is 0 Å². The second-order valence-corrected chi connectivity index (χ2v) is 6.42. The maximum atomic E-state index is 10.1. The number of fused-ring (bicyclic) bond motifs is 2. The van der Waals surface area contributed by atoms with Crippen molar-refractivity contribution in [3.8, 4) is 0 Å². The molecule has 2 rings (SSSR count). The minimum Gasteiger partial charge on any atom is -0.388 e. The van der Waals surface area contributed by atoms with Crippen molar-refractivity contribution in [3.05, 3.63) is 0 Å². The smallest absolute Gasteiger partial charge is 0.0833 e. The highest BCUT2D eigenvalue weighted by atomic mass is 32.2. The van der Waals surface area contributed by atoms with Gasteiger partial charge in [0.05, 0.1) is 5.60 Å². The third-order valence-corrected chi connectivity index (χ3v) is 4.75. The van der Waals surface area contributed by atoms with Gasteiger partial charge in [-0.1, -0.05) is 0 Å². The molecule has 0 aromatic heterocycles. The van der Waals surface area contributed by atoms with Gasteiger partial charge in [-0.25, -0.2) is 0 Å². The molecule has 4 atom stereocenters. The summed E-state index contributed by atoms with van der Waals surface area (Å²) in [5.74, 6) is 1.63. The molecule has 0 saturated carbocycles. The zero-order valence-electron chi connectivity index (χ0n) is 10.4. The molecule has 2 N–H and O–H groups in total. The number of piperidine rings is 1. The Labute approximate surface area is 103 Å². The number of nitrogens with one attached hydrogen (secondary N) is 1. The molecule has 94 valence electrons. The molecule has 2 aliphatic heterocycles. The maximum Gasteiger partial charge on any atom is 0.0833 e. The fraction of sp³-hybridized carbons (Fsp3) is 1.00. The Balaban J connectivity index is 1.77. The topological polar surface area (TPSA) is 35.5 Å². The van der Waals surface area contributed by atoms with Gasteiger partial charge >= 0.3 is 0 Å². The molecule has 0 aromatic rings. The van der Waals surface area contributed by atoms with Gasteiger partial charge in [0, 0.05) is 24.9 Å². The first-order valence-corrected chi connectivity index (χ1v) is 7.67. The summed E-state index contributed by atoms with van der Waals surface area (Å²) < 4.78 is 0. The lowest BCUT2D eigenvalue weighted by Gasteiger charge is -2.33. The molecule has 2 aliphatic rings. The van der Waals surface area contributed by atoms with Crippen LogP contribution in [-0.4, -0.2) is 59.8 Å². The van der Waals surface area contributed by atoms with E-state index in [-0.39, 0.29) is 0 Å². The van der Waals surface area contributed by atoms with Crippen LogP contribution >= 0.6 is 11.8 Å². The number of rotatable bonds is 5. The van der Waals surface area contributed by atoms with Crippen LogP contribution in [-0.2, 0) is 0 Å². The number of aliphatic hydroxyl groups is 1. The molecule has 2 heterocycles. The first-order chi connectivity index (χ1) is 7.61. The van der Waals surface area contributed by atoms with E-state index in [0.29, 0.717) is 6.04 Å². The lowest BCUT2D eigenvalue weighted by Crippen LogP contribution is -2.49. The molecule has 2 saturated heterocycles. The highest BCUT2D eigenvalue weighted by Crippen LogP contribution is 2.27. The van der Waals surface area contributed by atoms with Crippen LogP contribution < -0.4 is 5.32 Å². The third-order valence-electron chi connectivity index (χ3n) is 3.83. The summed E-state index contributed by atoms with van der Waals surface area (Å²) in [5.41, 5.74) is -0.560. The Kier molecular flexibility index (Phi) is 4.16. The van der Waals surface area contributed by atoms with Gasteiger partial charge in [0.25, 0.3) is 0 Å². The van der Waals surface area contributed by atoms with Crippen molar-refractivity contribution in [3.63, 3.8) is 0 Å². The minimum absolute atomic E-state index is 0.560.